The number of ketones is 1. The smallest absolute Gasteiger partial charge is 0.225 e. The molecule has 2 heterocycles. The number of nitrogens with zero attached hydrogens (tertiary/aromatic N) is 1. The van der Waals surface area contributed by atoms with Crippen LogP contribution in [0.2, 0.25) is 0 Å². The molecule has 5 nitrogen and oxygen atoms in total. The van der Waals surface area contributed by atoms with E-state index in [1.165, 1.54) is 17.4 Å². The van der Waals surface area contributed by atoms with Gasteiger partial charge in [0.2, 0.25) is 5.91 Å². The van der Waals surface area contributed by atoms with E-state index in [0.29, 0.717) is 17.8 Å². The summed E-state index contributed by atoms with van der Waals surface area (Å²) in [5.41, 5.74) is 8.13. The number of amides is 1. The highest BCUT2D eigenvalue weighted by Crippen LogP contribution is 2.21. The molecule has 3 N–H and O–H groups in total. The summed E-state index contributed by atoms with van der Waals surface area (Å²) in [5.74, 6) is -1.98. The predicted octanol–water partition coefficient (Wildman–Crippen LogP) is 4.63. The number of rotatable bonds is 9. The van der Waals surface area contributed by atoms with Crippen molar-refractivity contribution in [3.8, 4) is 0 Å². The zero-order valence-electron chi connectivity index (χ0n) is 18.3. The zero-order chi connectivity index (χ0) is 24.1. The lowest BCUT2D eigenvalue weighted by Gasteiger charge is -2.18. The molecule has 174 valence electrons. The average molecular weight is 480 g/mol. The molecule has 0 aliphatic heterocycles. The second kappa shape index (κ2) is 10.5. The first-order chi connectivity index (χ1) is 16.4. The van der Waals surface area contributed by atoms with Crippen molar-refractivity contribution < 1.29 is 18.4 Å². The van der Waals surface area contributed by atoms with E-state index >= 15 is 0 Å². The highest BCUT2D eigenvalue weighted by Gasteiger charge is 2.22. The van der Waals surface area contributed by atoms with Gasteiger partial charge in [-0.3, -0.25) is 9.59 Å². The number of nitrogens with one attached hydrogen (secondary N) is 1. The van der Waals surface area contributed by atoms with Gasteiger partial charge in [-0.1, -0.05) is 24.3 Å². The Morgan fingerprint density at radius 2 is 1.82 bits per heavy atom. The molecule has 8 heteroatoms. The number of Topliss-reactive ketones (excluding diaryl/α,β-unsaturated/α-hetero) is 1. The fraction of sp³-hybridized carbons (Fsp3) is 0.192. The van der Waals surface area contributed by atoms with Gasteiger partial charge >= 0.3 is 0 Å². The Morgan fingerprint density at radius 3 is 2.59 bits per heavy atom. The molecule has 0 unspecified atom stereocenters. The minimum absolute atomic E-state index is 0.0747. The first-order valence-electron chi connectivity index (χ1n) is 10.8. The molecule has 4 aromatic rings. The van der Waals surface area contributed by atoms with Gasteiger partial charge in [-0.15, -0.1) is 0 Å². The third-order valence-electron chi connectivity index (χ3n) is 5.61. The van der Waals surface area contributed by atoms with Crippen LogP contribution >= 0.6 is 11.3 Å². The van der Waals surface area contributed by atoms with Crippen LogP contribution in [0.25, 0.3) is 10.8 Å². The molecule has 0 aliphatic rings. The summed E-state index contributed by atoms with van der Waals surface area (Å²) in [5, 5.41) is 8.30. The number of benzene rings is 2. The molecule has 4 rings (SSSR count). The topological polar surface area (TPSA) is 85.1 Å². The summed E-state index contributed by atoms with van der Waals surface area (Å²) >= 11 is 1.48. The number of halogens is 2. The van der Waals surface area contributed by atoms with Gasteiger partial charge in [0.15, 0.2) is 17.4 Å². The van der Waals surface area contributed by atoms with Crippen LogP contribution in [0.3, 0.4) is 0 Å². The summed E-state index contributed by atoms with van der Waals surface area (Å²) in [6.07, 6.45) is 2.49. The van der Waals surface area contributed by atoms with Crippen LogP contribution in [0.1, 0.15) is 23.1 Å². The number of anilines is 1. The van der Waals surface area contributed by atoms with Gasteiger partial charge in [-0.2, -0.15) is 11.3 Å². The van der Waals surface area contributed by atoms with Crippen LogP contribution in [-0.2, 0) is 28.9 Å². The molecule has 0 spiro atoms. The number of carbonyl (C=O) groups excluding carboxylic acids is 2. The SMILES string of the molecule is Nc1nccc2cc(CCC(=O)[C@H](Cc3ccc(F)c(F)c3)NC(=O)Cc3ccsc3)ccc12. The summed E-state index contributed by atoms with van der Waals surface area (Å²) in [6, 6.07) is 12.1. The Labute approximate surface area is 199 Å². The van der Waals surface area contributed by atoms with Crippen molar-refractivity contribution in [1.29, 1.82) is 0 Å². The van der Waals surface area contributed by atoms with Crippen molar-refractivity contribution in [1.82, 2.24) is 10.3 Å². The van der Waals surface area contributed by atoms with Crippen molar-refractivity contribution in [3.05, 3.63) is 93.8 Å². The number of nitrogen functional groups attached to an aromatic ring is 1. The molecule has 1 amide bonds. The zero-order valence-corrected chi connectivity index (χ0v) is 19.1. The Hall–Kier alpha value is -3.65. The summed E-state index contributed by atoms with van der Waals surface area (Å²) in [4.78, 5) is 29.8. The molecule has 2 aromatic carbocycles. The molecule has 34 heavy (non-hydrogen) atoms. The number of hydrogen-bond donors (Lipinski definition) is 2. The standard InChI is InChI=1S/C26H23F2N3O2S/c27-21-5-2-17(12-22(21)28)13-23(31-25(33)14-18-8-10-34-15-18)24(32)6-3-16-1-4-20-19(11-16)7-9-30-26(20)29/h1-2,4-5,7-12,15,23H,3,6,13-14H2,(H2,29,30)(H,31,33)/t23-/m0/s1. The van der Waals surface area contributed by atoms with Gasteiger partial charge in [-0.05, 0) is 69.9 Å². The molecule has 0 fully saturated rings. The maximum Gasteiger partial charge on any atom is 0.225 e. The number of fused-ring (bicyclic) bond motifs is 1. The number of carbonyl (C=O) groups is 2. The average Bonchev–Trinajstić information content (AvgIpc) is 3.32. The van der Waals surface area contributed by atoms with E-state index in [1.807, 2.05) is 41.1 Å². The van der Waals surface area contributed by atoms with Gasteiger partial charge in [0.05, 0.1) is 12.5 Å². The molecular weight excluding hydrogens is 456 g/mol. The van der Waals surface area contributed by atoms with Crippen LogP contribution in [0, 0.1) is 11.6 Å². The van der Waals surface area contributed by atoms with Gasteiger partial charge in [0, 0.05) is 18.0 Å². The van der Waals surface area contributed by atoms with Gasteiger partial charge in [0.1, 0.15) is 5.82 Å². The first-order valence-corrected chi connectivity index (χ1v) is 11.7. The predicted molar refractivity (Wildman–Crippen MR) is 129 cm³/mol. The van der Waals surface area contributed by atoms with Crippen LogP contribution in [-0.4, -0.2) is 22.7 Å². The number of aryl methyl sites for hydroxylation is 1. The molecule has 0 aliphatic carbocycles. The molecular formula is C26H23F2N3O2S. The Balaban J connectivity index is 1.47. The number of pyridine rings is 1. The first kappa shape index (κ1) is 23.5. The van der Waals surface area contributed by atoms with Crippen LogP contribution < -0.4 is 11.1 Å². The highest BCUT2D eigenvalue weighted by molar-refractivity contribution is 7.08. The molecule has 0 bridgehead atoms. The summed E-state index contributed by atoms with van der Waals surface area (Å²) in [7, 11) is 0. The maximum atomic E-state index is 13.7. The van der Waals surface area contributed by atoms with Crippen LogP contribution in [0.4, 0.5) is 14.6 Å². The van der Waals surface area contributed by atoms with E-state index in [9.17, 15) is 18.4 Å². The second-order valence-electron chi connectivity index (χ2n) is 8.10. The van der Waals surface area contributed by atoms with Gasteiger partial charge in [-0.25, -0.2) is 13.8 Å². The van der Waals surface area contributed by atoms with Crippen molar-refractivity contribution in [2.24, 2.45) is 0 Å². The van der Waals surface area contributed by atoms with Gasteiger partial charge in [0.25, 0.3) is 0 Å². The minimum Gasteiger partial charge on any atom is -0.383 e. The lowest BCUT2D eigenvalue weighted by molar-refractivity contribution is -0.127. The number of nitrogens with two attached hydrogens (primary N) is 1. The summed E-state index contributed by atoms with van der Waals surface area (Å²) < 4.78 is 27.0. The molecule has 1 atom stereocenters. The maximum absolute atomic E-state index is 13.7. The fourth-order valence-electron chi connectivity index (χ4n) is 3.82. The lowest BCUT2D eigenvalue weighted by atomic mass is 9.96. The van der Waals surface area contributed by atoms with E-state index in [-0.39, 0.29) is 31.0 Å². The van der Waals surface area contributed by atoms with Crippen molar-refractivity contribution in [2.45, 2.75) is 31.7 Å². The van der Waals surface area contributed by atoms with Crippen molar-refractivity contribution in [2.75, 3.05) is 5.73 Å². The Morgan fingerprint density at radius 1 is 1.00 bits per heavy atom. The summed E-state index contributed by atoms with van der Waals surface area (Å²) in [6.45, 7) is 0. The van der Waals surface area contributed by atoms with Crippen LogP contribution in [0.5, 0.6) is 0 Å². The van der Waals surface area contributed by atoms with Gasteiger partial charge < -0.3 is 11.1 Å². The molecule has 0 saturated carbocycles. The Kier molecular flexibility index (Phi) is 7.27. The van der Waals surface area contributed by atoms with E-state index < -0.39 is 17.7 Å². The quantitative estimate of drug-likeness (QED) is 0.367. The minimum atomic E-state index is -0.988. The van der Waals surface area contributed by atoms with E-state index in [0.717, 1.165) is 34.0 Å². The monoisotopic (exact) mass is 479 g/mol. The Bertz CT molecular complexity index is 1330. The fourth-order valence-corrected chi connectivity index (χ4v) is 4.49. The third-order valence-corrected chi connectivity index (χ3v) is 6.34. The molecule has 0 saturated heterocycles. The van der Waals surface area contributed by atoms with E-state index in [2.05, 4.69) is 10.3 Å². The number of thiophene rings is 1. The van der Waals surface area contributed by atoms with Crippen molar-refractivity contribution in [3.63, 3.8) is 0 Å². The number of aromatic nitrogens is 1. The van der Waals surface area contributed by atoms with Crippen molar-refractivity contribution >= 4 is 39.6 Å². The van der Waals surface area contributed by atoms with E-state index in [1.54, 1.807) is 6.20 Å². The molecule has 2 aromatic heterocycles. The normalized spacial score (nSPS) is 11.9. The second-order valence-corrected chi connectivity index (χ2v) is 8.88. The largest absolute Gasteiger partial charge is 0.383 e. The highest BCUT2D eigenvalue weighted by atomic mass is 32.1. The lowest BCUT2D eigenvalue weighted by Crippen LogP contribution is -2.43. The van der Waals surface area contributed by atoms with E-state index in [4.69, 9.17) is 5.73 Å². The van der Waals surface area contributed by atoms with Crippen LogP contribution in [0.15, 0.2) is 65.5 Å². The third kappa shape index (κ3) is 5.82. The molecule has 0 radical (unpaired) electrons. The number of hydrogen-bond acceptors (Lipinski definition) is 5.